The molecule has 2 rings (SSSR count). The molecule has 2 nitrogen and oxygen atoms in total. The van der Waals surface area contributed by atoms with Crippen molar-refractivity contribution < 1.29 is 0 Å². The van der Waals surface area contributed by atoms with Gasteiger partial charge in [0, 0.05) is 30.9 Å². The van der Waals surface area contributed by atoms with Crippen LogP contribution in [0.5, 0.6) is 0 Å². The summed E-state index contributed by atoms with van der Waals surface area (Å²) in [7, 11) is 0. The van der Waals surface area contributed by atoms with Crippen LogP contribution in [0.25, 0.3) is 0 Å². The first-order chi connectivity index (χ1) is 10.3. The Morgan fingerprint density at radius 3 is 2.48 bits per heavy atom. The zero-order valence-electron chi connectivity index (χ0n) is 13.9. The van der Waals surface area contributed by atoms with E-state index in [0.717, 1.165) is 0 Å². The minimum Gasteiger partial charge on any atom is -0.371 e. The summed E-state index contributed by atoms with van der Waals surface area (Å²) < 4.78 is 0. The van der Waals surface area contributed by atoms with E-state index >= 15 is 0 Å². The third-order valence-electron chi connectivity index (χ3n) is 4.63. The van der Waals surface area contributed by atoms with Gasteiger partial charge in [-0.05, 0) is 38.3 Å². The van der Waals surface area contributed by atoms with Crippen LogP contribution in [0.1, 0.15) is 58.8 Å². The number of hydrogen-bond acceptors (Lipinski definition) is 2. The zero-order chi connectivity index (χ0) is 14.9. The molecule has 0 radical (unpaired) electrons. The van der Waals surface area contributed by atoms with Crippen molar-refractivity contribution in [3.8, 4) is 0 Å². The maximum absolute atomic E-state index is 3.84. The van der Waals surface area contributed by atoms with E-state index in [2.05, 4.69) is 54.4 Å². The fourth-order valence-electron chi connectivity index (χ4n) is 3.31. The van der Waals surface area contributed by atoms with Crippen molar-refractivity contribution in [1.82, 2.24) is 5.32 Å². The molecule has 1 fully saturated rings. The fraction of sp³-hybridized carbons (Fsp3) is 0.684. The molecule has 1 aliphatic rings. The Kier molecular flexibility index (Phi) is 7.08. The van der Waals surface area contributed by atoms with Gasteiger partial charge in [-0.2, -0.15) is 0 Å². The van der Waals surface area contributed by atoms with Crippen LogP contribution < -0.4 is 10.2 Å². The van der Waals surface area contributed by atoms with E-state index < -0.39 is 0 Å². The summed E-state index contributed by atoms with van der Waals surface area (Å²) in [6.07, 6.45) is 9.38. The predicted octanol–water partition coefficient (Wildman–Crippen LogP) is 4.60. The highest BCUT2D eigenvalue weighted by Crippen LogP contribution is 2.20. The second kappa shape index (κ2) is 9.09. The van der Waals surface area contributed by atoms with E-state index in [-0.39, 0.29) is 0 Å². The van der Waals surface area contributed by atoms with E-state index in [1.807, 2.05) is 0 Å². The standard InChI is InChI=1S/C19H32N2/c1-3-4-5-7-10-17(2)20-18-13-15-21(16-14-18)19-11-8-6-9-12-19/h6,8-9,11-12,17-18,20H,3-5,7,10,13-16H2,1-2H3. The second-order valence-corrected chi connectivity index (χ2v) is 6.51. The lowest BCUT2D eigenvalue weighted by Gasteiger charge is -2.35. The van der Waals surface area contributed by atoms with Crippen molar-refractivity contribution >= 4 is 5.69 Å². The maximum atomic E-state index is 3.84. The van der Waals surface area contributed by atoms with Crippen molar-refractivity contribution in [1.29, 1.82) is 0 Å². The van der Waals surface area contributed by atoms with Crippen LogP contribution in [0.3, 0.4) is 0 Å². The van der Waals surface area contributed by atoms with Crippen LogP contribution in [-0.4, -0.2) is 25.2 Å². The van der Waals surface area contributed by atoms with Crippen molar-refractivity contribution in [2.45, 2.75) is 70.9 Å². The average molecular weight is 288 g/mol. The number of nitrogens with one attached hydrogen (secondary N) is 1. The number of unbranched alkanes of at least 4 members (excludes halogenated alkanes) is 3. The highest BCUT2D eigenvalue weighted by molar-refractivity contribution is 5.46. The quantitative estimate of drug-likeness (QED) is 0.703. The normalized spacial score (nSPS) is 17.9. The van der Waals surface area contributed by atoms with Gasteiger partial charge in [0.2, 0.25) is 0 Å². The Labute approximate surface area is 130 Å². The summed E-state index contributed by atoms with van der Waals surface area (Å²) in [5.74, 6) is 0. The van der Waals surface area contributed by atoms with Crippen LogP contribution in [0.4, 0.5) is 5.69 Å². The molecule has 1 atom stereocenters. The summed E-state index contributed by atoms with van der Waals surface area (Å²) in [5, 5.41) is 3.84. The number of rotatable bonds is 8. The lowest BCUT2D eigenvalue weighted by molar-refractivity contribution is 0.360. The largest absolute Gasteiger partial charge is 0.371 e. The number of anilines is 1. The van der Waals surface area contributed by atoms with Gasteiger partial charge in [-0.3, -0.25) is 0 Å². The van der Waals surface area contributed by atoms with Gasteiger partial charge in [0.25, 0.3) is 0 Å². The average Bonchev–Trinajstić information content (AvgIpc) is 2.53. The fourth-order valence-corrected chi connectivity index (χ4v) is 3.31. The van der Waals surface area contributed by atoms with Gasteiger partial charge in [-0.15, -0.1) is 0 Å². The zero-order valence-corrected chi connectivity index (χ0v) is 13.9. The van der Waals surface area contributed by atoms with Crippen molar-refractivity contribution in [2.24, 2.45) is 0 Å². The van der Waals surface area contributed by atoms with Crippen LogP contribution >= 0.6 is 0 Å². The smallest absolute Gasteiger partial charge is 0.0366 e. The SMILES string of the molecule is CCCCCCC(C)NC1CCN(c2ccccc2)CC1. The minimum absolute atomic E-state index is 0.676. The molecule has 0 aliphatic carbocycles. The van der Waals surface area contributed by atoms with Crippen LogP contribution in [0.15, 0.2) is 30.3 Å². The molecule has 0 aromatic heterocycles. The molecule has 1 aromatic carbocycles. The topological polar surface area (TPSA) is 15.3 Å². The number of para-hydroxylation sites is 1. The van der Waals surface area contributed by atoms with Crippen molar-refractivity contribution in [3.05, 3.63) is 30.3 Å². The molecule has 1 N–H and O–H groups in total. The lowest BCUT2D eigenvalue weighted by Crippen LogP contribution is -2.45. The minimum atomic E-state index is 0.676. The molecular formula is C19H32N2. The van der Waals surface area contributed by atoms with Crippen molar-refractivity contribution in [3.63, 3.8) is 0 Å². The van der Waals surface area contributed by atoms with Crippen LogP contribution in [0.2, 0.25) is 0 Å². The van der Waals surface area contributed by atoms with Crippen molar-refractivity contribution in [2.75, 3.05) is 18.0 Å². The van der Waals surface area contributed by atoms with Gasteiger partial charge in [-0.1, -0.05) is 50.8 Å². The molecular weight excluding hydrogens is 256 g/mol. The first-order valence-electron chi connectivity index (χ1n) is 8.85. The van der Waals surface area contributed by atoms with Gasteiger partial charge in [0.1, 0.15) is 0 Å². The van der Waals surface area contributed by atoms with E-state index in [9.17, 15) is 0 Å². The Bertz CT molecular complexity index is 368. The molecule has 2 heteroatoms. The number of nitrogens with zero attached hydrogens (tertiary/aromatic N) is 1. The van der Waals surface area contributed by atoms with E-state index in [1.54, 1.807) is 0 Å². The Balaban J connectivity index is 1.65. The van der Waals surface area contributed by atoms with Crippen LogP contribution in [0, 0.1) is 0 Å². The summed E-state index contributed by atoms with van der Waals surface area (Å²) in [6, 6.07) is 12.2. The van der Waals surface area contributed by atoms with E-state index in [0.29, 0.717) is 12.1 Å². The first kappa shape index (κ1) is 16.4. The number of benzene rings is 1. The van der Waals surface area contributed by atoms with Crippen LogP contribution in [-0.2, 0) is 0 Å². The molecule has 0 saturated carbocycles. The predicted molar refractivity (Wildman–Crippen MR) is 93.0 cm³/mol. The molecule has 0 bridgehead atoms. The molecule has 1 aliphatic heterocycles. The van der Waals surface area contributed by atoms with Gasteiger partial charge in [0.05, 0.1) is 0 Å². The molecule has 118 valence electrons. The number of piperidine rings is 1. The molecule has 1 aromatic rings. The first-order valence-corrected chi connectivity index (χ1v) is 8.85. The Morgan fingerprint density at radius 2 is 1.81 bits per heavy atom. The van der Waals surface area contributed by atoms with Gasteiger partial charge < -0.3 is 10.2 Å². The molecule has 1 unspecified atom stereocenters. The second-order valence-electron chi connectivity index (χ2n) is 6.51. The molecule has 1 saturated heterocycles. The highest BCUT2D eigenvalue weighted by atomic mass is 15.1. The summed E-state index contributed by atoms with van der Waals surface area (Å²) >= 11 is 0. The van der Waals surface area contributed by atoms with Gasteiger partial charge in [0.15, 0.2) is 0 Å². The third-order valence-corrected chi connectivity index (χ3v) is 4.63. The van der Waals surface area contributed by atoms with Gasteiger partial charge >= 0.3 is 0 Å². The molecule has 0 spiro atoms. The van der Waals surface area contributed by atoms with Gasteiger partial charge in [-0.25, -0.2) is 0 Å². The molecule has 0 amide bonds. The Hall–Kier alpha value is -1.02. The highest BCUT2D eigenvalue weighted by Gasteiger charge is 2.20. The summed E-state index contributed by atoms with van der Waals surface area (Å²) in [4.78, 5) is 2.52. The third kappa shape index (κ3) is 5.70. The molecule has 1 heterocycles. The van der Waals surface area contributed by atoms with E-state index in [4.69, 9.17) is 0 Å². The number of hydrogen-bond donors (Lipinski definition) is 1. The molecule has 21 heavy (non-hydrogen) atoms. The Morgan fingerprint density at radius 1 is 1.10 bits per heavy atom. The summed E-state index contributed by atoms with van der Waals surface area (Å²) in [5.41, 5.74) is 1.38. The summed E-state index contributed by atoms with van der Waals surface area (Å²) in [6.45, 7) is 7.01. The lowest BCUT2D eigenvalue weighted by atomic mass is 10.0. The monoisotopic (exact) mass is 288 g/mol. The van der Waals surface area contributed by atoms with E-state index in [1.165, 1.54) is 63.7 Å². The maximum Gasteiger partial charge on any atom is 0.0366 e.